The fourth-order valence-electron chi connectivity index (χ4n) is 3.68. The van der Waals surface area contributed by atoms with Gasteiger partial charge in [-0.2, -0.15) is 0 Å². The number of rotatable bonds is 2. The number of hydrogen-bond acceptors (Lipinski definition) is 1. The van der Waals surface area contributed by atoms with Crippen LogP contribution < -0.4 is 5.32 Å². The zero-order valence-corrected chi connectivity index (χ0v) is 10.8. The van der Waals surface area contributed by atoms with E-state index in [2.05, 4.69) is 36.5 Å². The van der Waals surface area contributed by atoms with Crippen LogP contribution in [0.3, 0.4) is 0 Å². The van der Waals surface area contributed by atoms with Crippen molar-refractivity contribution in [3.63, 3.8) is 0 Å². The van der Waals surface area contributed by atoms with Crippen molar-refractivity contribution in [2.45, 2.75) is 57.4 Å². The highest BCUT2D eigenvalue weighted by Crippen LogP contribution is 2.42. The van der Waals surface area contributed by atoms with Gasteiger partial charge in [0.05, 0.1) is 0 Å². The van der Waals surface area contributed by atoms with Crippen LogP contribution in [0.1, 0.15) is 56.9 Å². The van der Waals surface area contributed by atoms with Crippen LogP contribution in [-0.4, -0.2) is 6.04 Å². The Kier molecular flexibility index (Phi) is 3.09. The van der Waals surface area contributed by atoms with Crippen LogP contribution in [0.2, 0.25) is 0 Å². The second-order valence-corrected chi connectivity index (χ2v) is 5.87. The zero-order chi connectivity index (χ0) is 11.7. The lowest BCUT2D eigenvalue weighted by Crippen LogP contribution is -2.20. The first-order chi connectivity index (χ1) is 8.34. The number of benzene rings is 1. The quantitative estimate of drug-likeness (QED) is 0.784. The highest BCUT2D eigenvalue weighted by atomic mass is 15.0. The average Bonchev–Trinajstić information content (AvgIpc) is 2.68. The maximum Gasteiger partial charge on any atom is 0.0378 e. The molecule has 1 aliphatic heterocycles. The third kappa shape index (κ3) is 2.20. The van der Waals surface area contributed by atoms with Crippen molar-refractivity contribution < 1.29 is 0 Å². The first-order valence-electron chi connectivity index (χ1n) is 7.20. The Labute approximate surface area is 105 Å². The first kappa shape index (κ1) is 11.1. The second-order valence-electron chi connectivity index (χ2n) is 5.87. The Balaban J connectivity index is 1.74. The average molecular weight is 229 g/mol. The summed E-state index contributed by atoms with van der Waals surface area (Å²) in [6.45, 7) is 2.34. The van der Waals surface area contributed by atoms with Crippen molar-refractivity contribution in [2.75, 3.05) is 5.32 Å². The normalized spacial score (nSPS) is 28.8. The van der Waals surface area contributed by atoms with Gasteiger partial charge < -0.3 is 5.32 Å². The number of nitrogens with one attached hydrogen (secondary N) is 1. The van der Waals surface area contributed by atoms with E-state index in [1.54, 1.807) is 5.56 Å². The van der Waals surface area contributed by atoms with Crippen LogP contribution in [0, 0.1) is 5.92 Å². The Morgan fingerprint density at radius 3 is 2.71 bits per heavy atom. The van der Waals surface area contributed by atoms with E-state index in [1.165, 1.54) is 44.2 Å². The number of para-hydroxylation sites is 1. The molecule has 1 heterocycles. The molecule has 1 heteroatoms. The molecule has 1 N–H and O–H groups in total. The van der Waals surface area contributed by atoms with Crippen molar-refractivity contribution in [2.24, 2.45) is 5.92 Å². The molecule has 1 nitrogen and oxygen atoms in total. The lowest BCUT2D eigenvalue weighted by Gasteiger charge is -2.26. The smallest absolute Gasteiger partial charge is 0.0378 e. The van der Waals surface area contributed by atoms with Gasteiger partial charge in [0, 0.05) is 17.6 Å². The standard InChI is InChI=1S/C16H23N/c1-12-15(11-13-7-3-2-4-8-13)14-9-5-6-10-16(14)17-12/h5-6,9-10,12-13,15,17H,2-4,7-8,11H2,1H3/t12-,15+/m1/s1. The molecule has 0 unspecified atom stereocenters. The second kappa shape index (κ2) is 4.72. The molecule has 1 saturated carbocycles. The monoisotopic (exact) mass is 229 g/mol. The van der Waals surface area contributed by atoms with Crippen molar-refractivity contribution in [3.8, 4) is 0 Å². The van der Waals surface area contributed by atoms with Gasteiger partial charge in [-0.15, -0.1) is 0 Å². The van der Waals surface area contributed by atoms with Crippen molar-refractivity contribution in [1.29, 1.82) is 0 Å². The molecule has 92 valence electrons. The van der Waals surface area contributed by atoms with Crippen LogP contribution in [0.15, 0.2) is 24.3 Å². The summed E-state index contributed by atoms with van der Waals surface area (Å²) in [5.74, 6) is 1.72. The van der Waals surface area contributed by atoms with E-state index in [-0.39, 0.29) is 0 Å². The van der Waals surface area contributed by atoms with E-state index in [4.69, 9.17) is 0 Å². The van der Waals surface area contributed by atoms with Gasteiger partial charge in [0.2, 0.25) is 0 Å². The SMILES string of the molecule is C[C@H]1Nc2ccccc2[C@H]1CC1CCCCC1. The highest BCUT2D eigenvalue weighted by molar-refractivity contribution is 5.58. The van der Waals surface area contributed by atoms with E-state index in [0.717, 1.165) is 11.8 Å². The van der Waals surface area contributed by atoms with Gasteiger partial charge in [-0.1, -0.05) is 50.3 Å². The van der Waals surface area contributed by atoms with Crippen molar-refractivity contribution >= 4 is 5.69 Å². The minimum atomic E-state index is 0.620. The summed E-state index contributed by atoms with van der Waals surface area (Å²) < 4.78 is 0. The predicted octanol–water partition coefficient (Wildman–Crippen LogP) is 4.55. The molecule has 1 fully saturated rings. The predicted molar refractivity (Wildman–Crippen MR) is 73.5 cm³/mol. The molecular weight excluding hydrogens is 206 g/mol. The molecule has 0 amide bonds. The fraction of sp³-hybridized carbons (Fsp3) is 0.625. The van der Waals surface area contributed by atoms with Crippen molar-refractivity contribution in [1.82, 2.24) is 0 Å². The Bertz CT molecular complexity index is 379. The number of anilines is 1. The third-order valence-electron chi connectivity index (χ3n) is 4.66. The molecule has 3 rings (SSSR count). The van der Waals surface area contributed by atoms with Crippen LogP contribution in [0.5, 0.6) is 0 Å². The van der Waals surface area contributed by atoms with Gasteiger partial charge in [-0.25, -0.2) is 0 Å². The largest absolute Gasteiger partial charge is 0.382 e. The zero-order valence-electron chi connectivity index (χ0n) is 10.8. The Morgan fingerprint density at radius 2 is 1.88 bits per heavy atom. The summed E-state index contributed by atoms with van der Waals surface area (Å²) in [7, 11) is 0. The molecule has 0 radical (unpaired) electrons. The molecule has 0 spiro atoms. The molecule has 1 aromatic rings. The highest BCUT2D eigenvalue weighted by Gasteiger charge is 2.30. The van der Waals surface area contributed by atoms with Gasteiger partial charge in [0.25, 0.3) is 0 Å². The maximum atomic E-state index is 3.64. The summed E-state index contributed by atoms with van der Waals surface area (Å²) in [6, 6.07) is 9.49. The number of hydrogen-bond donors (Lipinski definition) is 1. The summed E-state index contributed by atoms with van der Waals surface area (Å²) in [5.41, 5.74) is 2.94. The fourth-order valence-corrected chi connectivity index (χ4v) is 3.68. The molecular formula is C16H23N. The van der Waals surface area contributed by atoms with Gasteiger partial charge >= 0.3 is 0 Å². The molecule has 17 heavy (non-hydrogen) atoms. The van der Waals surface area contributed by atoms with Gasteiger partial charge in [-0.3, -0.25) is 0 Å². The van der Waals surface area contributed by atoms with Gasteiger partial charge in [-0.05, 0) is 30.9 Å². The molecule has 0 bridgehead atoms. The molecule has 0 saturated heterocycles. The topological polar surface area (TPSA) is 12.0 Å². The maximum absolute atomic E-state index is 3.64. The minimum Gasteiger partial charge on any atom is -0.382 e. The van der Waals surface area contributed by atoms with Crippen LogP contribution >= 0.6 is 0 Å². The number of fused-ring (bicyclic) bond motifs is 1. The van der Waals surface area contributed by atoms with Gasteiger partial charge in [0.15, 0.2) is 0 Å². The van der Waals surface area contributed by atoms with Crippen LogP contribution in [0.4, 0.5) is 5.69 Å². The lowest BCUT2D eigenvalue weighted by molar-refractivity contribution is 0.313. The van der Waals surface area contributed by atoms with Crippen molar-refractivity contribution in [3.05, 3.63) is 29.8 Å². The summed E-state index contributed by atoms with van der Waals surface area (Å²) in [6.07, 6.45) is 8.70. The molecule has 1 aliphatic carbocycles. The van der Waals surface area contributed by atoms with Gasteiger partial charge in [0.1, 0.15) is 0 Å². The minimum absolute atomic E-state index is 0.620. The lowest BCUT2D eigenvalue weighted by atomic mass is 9.79. The van der Waals surface area contributed by atoms with E-state index >= 15 is 0 Å². The van der Waals surface area contributed by atoms with E-state index in [1.807, 2.05) is 0 Å². The Morgan fingerprint density at radius 1 is 1.12 bits per heavy atom. The molecule has 1 aromatic carbocycles. The third-order valence-corrected chi connectivity index (χ3v) is 4.66. The van der Waals surface area contributed by atoms with E-state index < -0.39 is 0 Å². The summed E-state index contributed by atoms with van der Waals surface area (Å²) in [5, 5.41) is 3.64. The van der Waals surface area contributed by atoms with E-state index in [9.17, 15) is 0 Å². The summed E-state index contributed by atoms with van der Waals surface area (Å²) in [4.78, 5) is 0. The van der Waals surface area contributed by atoms with Crippen LogP contribution in [-0.2, 0) is 0 Å². The summed E-state index contributed by atoms with van der Waals surface area (Å²) >= 11 is 0. The first-order valence-corrected chi connectivity index (χ1v) is 7.20. The molecule has 2 atom stereocenters. The van der Waals surface area contributed by atoms with Crippen LogP contribution in [0.25, 0.3) is 0 Å². The van der Waals surface area contributed by atoms with E-state index in [0.29, 0.717) is 6.04 Å². The molecule has 0 aromatic heterocycles. The Hall–Kier alpha value is -0.980. The molecule has 2 aliphatic rings.